The fourth-order valence-corrected chi connectivity index (χ4v) is 3.84. The molecule has 1 saturated carbocycles. The summed E-state index contributed by atoms with van der Waals surface area (Å²) in [5.41, 5.74) is 3.42. The standard InChI is InChI=1S/C22H24ClN3O/c1-14(22(27)26-15-10-11-15)24-12-18(16-6-2-4-8-20(16)23)19-13-25-21-9-5-3-7-17(19)21/h2-9,13-15,18,24-25H,10-12H2,1H3,(H,26,27)/p+1/t14-,18-/m0/s1. The number of amides is 1. The smallest absolute Gasteiger partial charge is 0.278 e. The highest BCUT2D eigenvalue weighted by atomic mass is 35.5. The van der Waals surface area contributed by atoms with Crippen molar-refractivity contribution in [1.29, 1.82) is 0 Å². The van der Waals surface area contributed by atoms with Gasteiger partial charge in [-0.25, -0.2) is 0 Å². The molecule has 0 bridgehead atoms. The highest BCUT2D eigenvalue weighted by molar-refractivity contribution is 6.31. The summed E-state index contributed by atoms with van der Waals surface area (Å²) in [4.78, 5) is 15.7. The van der Waals surface area contributed by atoms with E-state index >= 15 is 0 Å². The van der Waals surface area contributed by atoms with Gasteiger partial charge in [0.15, 0.2) is 6.04 Å². The molecule has 0 spiro atoms. The number of hydrogen-bond donors (Lipinski definition) is 3. The lowest BCUT2D eigenvalue weighted by molar-refractivity contribution is -0.674. The predicted molar refractivity (Wildman–Crippen MR) is 109 cm³/mol. The van der Waals surface area contributed by atoms with E-state index in [9.17, 15) is 4.79 Å². The molecule has 2 aromatic carbocycles. The van der Waals surface area contributed by atoms with Crippen molar-refractivity contribution in [2.24, 2.45) is 0 Å². The van der Waals surface area contributed by atoms with Crippen molar-refractivity contribution in [3.05, 3.63) is 70.9 Å². The van der Waals surface area contributed by atoms with Crippen LogP contribution in [-0.2, 0) is 4.79 Å². The van der Waals surface area contributed by atoms with Crippen LogP contribution in [0.15, 0.2) is 54.7 Å². The molecular formula is C22H25ClN3O+. The summed E-state index contributed by atoms with van der Waals surface area (Å²) in [6, 6.07) is 16.6. The van der Waals surface area contributed by atoms with Crippen molar-refractivity contribution in [1.82, 2.24) is 10.3 Å². The number of aromatic nitrogens is 1. The molecule has 1 aromatic heterocycles. The zero-order chi connectivity index (χ0) is 18.8. The summed E-state index contributed by atoms with van der Waals surface area (Å²) in [7, 11) is 0. The summed E-state index contributed by atoms with van der Waals surface area (Å²) in [6.45, 7) is 2.72. The van der Waals surface area contributed by atoms with Crippen molar-refractivity contribution < 1.29 is 10.1 Å². The van der Waals surface area contributed by atoms with Crippen molar-refractivity contribution >= 4 is 28.4 Å². The Kier molecular flexibility index (Phi) is 5.19. The molecule has 1 aliphatic carbocycles. The van der Waals surface area contributed by atoms with Gasteiger partial charge in [0.1, 0.15) is 0 Å². The number of rotatable bonds is 7. The van der Waals surface area contributed by atoms with Gasteiger partial charge in [0.2, 0.25) is 0 Å². The number of halogens is 1. The molecule has 0 saturated heterocycles. The Morgan fingerprint density at radius 3 is 2.70 bits per heavy atom. The maximum Gasteiger partial charge on any atom is 0.278 e. The number of benzene rings is 2. The molecular weight excluding hydrogens is 358 g/mol. The van der Waals surface area contributed by atoms with E-state index in [0.29, 0.717) is 6.04 Å². The molecule has 1 heterocycles. The number of para-hydroxylation sites is 1. The lowest BCUT2D eigenvalue weighted by Crippen LogP contribution is -2.92. The van der Waals surface area contributed by atoms with Gasteiger partial charge in [0.05, 0.1) is 12.5 Å². The molecule has 4 rings (SSSR count). The first-order valence-electron chi connectivity index (χ1n) is 9.57. The van der Waals surface area contributed by atoms with Crippen LogP contribution < -0.4 is 10.6 Å². The molecule has 140 valence electrons. The first kappa shape index (κ1) is 18.1. The third-order valence-electron chi connectivity index (χ3n) is 5.34. The lowest BCUT2D eigenvalue weighted by atomic mass is 9.90. The molecule has 4 N–H and O–H groups in total. The van der Waals surface area contributed by atoms with Gasteiger partial charge in [0, 0.05) is 28.2 Å². The summed E-state index contributed by atoms with van der Waals surface area (Å²) in [6.07, 6.45) is 4.29. The second-order valence-corrected chi connectivity index (χ2v) is 7.81. The van der Waals surface area contributed by atoms with Crippen LogP contribution in [0.3, 0.4) is 0 Å². The Bertz CT molecular complexity index is 947. The van der Waals surface area contributed by atoms with E-state index in [4.69, 9.17) is 11.6 Å². The van der Waals surface area contributed by atoms with Gasteiger partial charge in [-0.2, -0.15) is 0 Å². The molecule has 1 amide bonds. The van der Waals surface area contributed by atoms with Crippen LogP contribution in [0.25, 0.3) is 10.9 Å². The fraction of sp³-hybridized carbons (Fsp3) is 0.318. The fourth-order valence-electron chi connectivity index (χ4n) is 3.57. The van der Waals surface area contributed by atoms with Gasteiger partial charge >= 0.3 is 0 Å². The highest BCUT2D eigenvalue weighted by Gasteiger charge is 2.28. The minimum atomic E-state index is -0.124. The van der Waals surface area contributed by atoms with Crippen LogP contribution in [0.5, 0.6) is 0 Å². The molecule has 0 unspecified atom stereocenters. The second kappa shape index (κ2) is 7.75. The average Bonchev–Trinajstić information content (AvgIpc) is 3.39. The quantitative estimate of drug-likeness (QED) is 0.577. The molecule has 27 heavy (non-hydrogen) atoms. The van der Waals surface area contributed by atoms with Crippen LogP contribution in [0.4, 0.5) is 0 Å². The Balaban J connectivity index is 1.60. The van der Waals surface area contributed by atoms with E-state index in [2.05, 4.69) is 46.1 Å². The molecule has 3 aromatic rings. The zero-order valence-electron chi connectivity index (χ0n) is 15.4. The Morgan fingerprint density at radius 1 is 1.19 bits per heavy atom. The number of quaternary nitrogens is 1. The first-order chi connectivity index (χ1) is 13.1. The van der Waals surface area contributed by atoms with Crippen LogP contribution in [0, 0.1) is 0 Å². The minimum absolute atomic E-state index is 0.103. The number of fused-ring (bicyclic) bond motifs is 1. The van der Waals surface area contributed by atoms with Gasteiger partial charge in [-0.1, -0.05) is 48.0 Å². The summed E-state index contributed by atoms with van der Waals surface area (Å²) >= 11 is 6.54. The number of nitrogens with two attached hydrogens (primary N) is 1. The minimum Gasteiger partial charge on any atom is -0.361 e. The van der Waals surface area contributed by atoms with Gasteiger partial charge < -0.3 is 15.6 Å². The first-order valence-corrected chi connectivity index (χ1v) is 9.95. The van der Waals surface area contributed by atoms with Crippen molar-refractivity contribution in [2.75, 3.05) is 6.54 Å². The average molecular weight is 383 g/mol. The summed E-state index contributed by atoms with van der Waals surface area (Å²) in [5.74, 6) is 0.223. The maximum atomic E-state index is 12.3. The second-order valence-electron chi connectivity index (χ2n) is 7.41. The Hall–Kier alpha value is -2.30. The lowest BCUT2D eigenvalue weighted by Gasteiger charge is -2.19. The van der Waals surface area contributed by atoms with E-state index in [1.807, 2.05) is 31.2 Å². The Labute approximate surface area is 164 Å². The van der Waals surface area contributed by atoms with Gasteiger partial charge in [-0.15, -0.1) is 0 Å². The number of H-pyrrole nitrogens is 1. The van der Waals surface area contributed by atoms with Gasteiger partial charge in [-0.3, -0.25) is 4.79 Å². The number of carbonyl (C=O) groups excluding carboxylic acids is 1. The predicted octanol–water partition coefficient (Wildman–Crippen LogP) is 3.18. The molecule has 2 atom stereocenters. The van der Waals surface area contributed by atoms with Gasteiger partial charge in [-0.05, 0) is 43.0 Å². The Morgan fingerprint density at radius 2 is 1.93 bits per heavy atom. The number of carbonyl (C=O) groups is 1. The van der Waals surface area contributed by atoms with Crippen molar-refractivity contribution in [3.8, 4) is 0 Å². The molecule has 5 heteroatoms. The topological polar surface area (TPSA) is 61.5 Å². The van der Waals surface area contributed by atoms with E-state index in [1.165, 1.54) is 10.9 Å². The zero-order valence-corrected chi connectivity index (χ0v) is 16.2. The molecule has 0 aliphatic heterocycles. The molecule has 1 fully saturated rings. The van der Waals surface area contributed by atoms with Crippen molar-refractivity contribution in [2.45, 2.75) is 37.8 Å². The summed E-state index contributed by atoms with van der Waals surface area (Å²) in [5, 5.41) is 7.17. The summed E-state index contributed by atoms with van der Waals surface area (Å²) < 4.78 is 0. The van der Waals surface area contributed by atoms with Crippen LogP contribution in [0.2, 0.25) is 5.02 Å². The molecule has 4 nitrogen and oxygen atoms in total. The third kappa shape index (κ3) is 4.02. The normalized spacial score (nSPS) is 16.2. The third-order valence-corrected chi connectivity index (χ3v) is 5.68. The van der Waals surface area contributed by atoms with E-state index in [1.54, 1.807) is 0 Å². The molecule has 0 radical (unpaired) electrons. The maximum absolute atomic E-state index is 12.3. The number of hydrogen-bond acceptors (Lipinski definition) is 1. The van der Waals surface area contributed by atoms with Crippen LogP contribution in [-0.4, -0.2) is 29.5 Å². The SMILES string of the molecule is C[C@H]([NH2+]C[C@@H](c1ccccc1Cl)c1c[nH]c2ccccc12)C(=O)NC1CC1. The number of nitrogens with one attached hydrogen (secondary N) is 2. The largest absolute Gasteiger partial charge is 0.361 e. The monoisotopic (exact) mass is 382 g/mol. The van der Waals surface area contributed by atoms with E-state index < -0.39 is 0 Å². The van der Waals surface area contributed by atoms with Crippen molar-refractivity contribution in [3.63, 3.8) is 0 Å². The van der Waals surface area contributed by atoms with Crippen LogP contribution in [0.1, 0.15) is 36.8 Å². The van der Waals surface area contributed by atoms with Gasteiger partial charge in [0.25, 0.3) is 5.91 Å². The van der Waals surface area contributed by atoms with E-state index in [-0.39, 0.29) is 17.9 Å². The van der Waals surface area contributed by atoms with E-state index in [0.717, 1.165) is 35.5 Å². The molecule has 1 aliphatic rings. The number of aromatic amines is 1. The van der Waals surface area contributed by atoms with Crippen LogP contribution >= 0.6 is 11.6 Å². The highest BCUT2D eigenvalue weighted by Crippen LogP contribution is 2.33.